The minimum absolute atomic E-state index is 0.395. The molecule has 0 aliphatic carbocycles. The molecule has 3 nitrogen and oxygen atoms in total. The summed E-state index contributed by atoms with van der Waals surface area (Å²) in [5.41, 5.74) is 2.07. The lowest BCUT2D eigenvalue weighted by Crippen LogP contribution is -2.11. The highest BCUT2D eigenvalue weighted by Crippen LogP contribution is 2.25. The molecule has 1 aromatic heterocycles. The predicted octanol–water partition coefficient (Wildman–Crippen LogP) is 1.81. The second-order valence-electron chi connectivity index (χ2n) is 3.70. The highest BCUT2D eigenvalue weighted by molar-refractivity contribution is 5.83. The monoisotopic (exact) mass is 204 g/mol. The number of aliphatic hydroxyl groups is 1. The Hall–Kier alpha value is -1.32. The molecule has 0 saturated heterocycles. The smallest absolute Gasteiger partial charge is 0.0822 e. The fraction of sp³-hybridized carbons (Fsp3) is 0.333. The first-order valence-corrected chi connectivity index (χ1v) is 5.21. The molecule has 80 valence electrons. The van der Waals surface area contributed by atoms with Crippen LogP contribution in [0.3, 0.4) is 0 Å². The van der Waals surface area contributed by atoms with E-state index in [0.29, 0.717) is 0 Å². The maximum atomic E-state index is 9.98. The van der Waals surface area contributed by atoms with Gasteiger partial charge in [0.2, 0.25) is 0 Å². The second-order valence-corrected chi connectivity index (χ2v) is 3.70. The van der Waals surface area contributed by atoms with Gasteiger partial charge in [-0.15, -0.1) is 0 Å². The molecular formula is C12H16N2O. The van der Waals surface area contributed by atoms with Crippen molar-refractivity contribution in [2.75, 3.05) is 13.6 Å². The lowest BCUT2D eigenvalue weighted by molar-refractivity contribution is 0.169. The predicted molar refractivity (Wildman–Crippen MR) is 61.8 cm³/mol. The van der Waals surface area contributed by atoms with Crippen LogP contribution < -0.4 is 5.32 Å². The van der Waals surface area contributed by atoms with Crippen molar-refractivity contribution in [2.24, 2.45) is 0 Å². The van der Waals surface area contributed by atoms with Crippen molar-refractivity contribution in [3.63, 3.8) is 0 Å². The third-order valence-corrected chi connectivity index (χ3v) is 2.65. The Labute approximate surface area is 89.1 Å². The summed E-state index contributed by atoms with van der Waals surface area (Å²) in [6, 6.07) is 8.03. The van der Waals surface area contributed by atoms with Crippen LogP contribution in [0.1, 0.15) is 18.1 Å². The molecule has 0 radical (unpaired) electrons. The average molecular weight is 204 g/mol. The molecule has 15 heavy (non-hydrogen) atoms. The van der Waals surface area contributed by atoms with E-state index in [9.17, 15) is 5.11 Å². The lowest BCUT2D eigenvalue weighted by Gasteiger charge is -2.08. The van der Waals surface area contributed by atoms with Gasteiger partial charge in [-0.05, 0) is 26.1 Å². The van der Waals surface area contributed by atoms with Gasteiger partial charge in [-0.1, -0.05) is 18.2 Å². The molecule has 2 aromatic rings. The molecule has 0 saturated carbocycles. The lowest BCUT2D eigenvalue weighted by atomic mass is 10.1. The molecule has 1 unspecified atom stereocenters. The summed E-state index contributed by atoms with van der Waals surface area (Å²) in [6.45, 7) is 0.820. The van der Waals surface area contributed by atoms with E-state index < -0.39 is 6.10 Å². The molecule has 0 aliphatic rings. The normalized spacial score (nSPS) is 13.2. The zero-order valence-corrected chi connectivity index (χ0v) is 8.83. The molecule has 0 amide bonds. The summed E-state index contributed by atoms with van der Waals surface area (Å²) in [4.78, 5) is 3.17. The van der Waals surface area contributed by atoms with Gasteiger partial charge in [-0.25, -0.2) is 0 Å². The fourth-order valence-corrected chi connectivity index (χ4v) is 1.81. The van der Waals surface area contributed by atoms with Crippen LogP contribution in [0.25, 0.3) is 10.9 Å². The Morgan fingerprint density at radius 1 is 1.40 bits per heavy atom. The fourth-order valence-electron chi connectivity index (χ4n) is 1.81. The van der Waals surface area contributed by atoms with Crippen molar-refractivity contribution in [2.45, 2.75) is 12.5 Å². The number of nitrogens with one attached hydrogen (secondary N) is 2. The number of para-hydroxylation sites is 1. The van der Waals surface area contributed by atoms with Gasteiger partial charge < -0.3 is 15.4 Å². The van der Waals surface area contributed by atoms with Crippen molar-refractivity contribution in [1.82, 2.24) is 10.3 Å². The van der Waals surface area contributed by atoms with Crippen molar-refractivity contribution in [3.05, 3.63) is 36.0 Å². The summed E-state index contributed by atoms with van der Waals surface area (Å²) in [6.07, 6.45) is 2.23. The standard InChI is InChI=1S/C12H16N2O/c1-13-7-6-12(15)10-8-14-11-5-3-2-4-9(10)11/h2-5,8,12-15H,6-7H2,1H3. The Morgan fingerprint density at radius 2 is 2.20 bits per heavy atom. The third kappa shape index (κ3) is 2.03. The van der Waals surface area contributed by atoms with Crippen LogP contribution in [-0.4, -0.2) is 23.7 Å². The zero-order chi connectivity index (χ0) is 10.7. The van der Waals surface area contributed by atoms with Crippen LogP contribution in [-0.2, 0) is 0 Å². The molecule has 0 bridgehead atoms. The van der Waals surface area contributed by atoms with E-state index in [4.69, 9.17) is 0 Å². The van der Waals surface area contributed by atoms with Gasteiger partial charge >= 0.3 is 0 Å². The van der Waals surface area contributed by atoms with Crippen LogP contribution in [0.15, 0.2) is 30.5 Å². The highest BCUT2D eigenvalue weighted by atomic mass is 16.3. The van der Waals surface area contributed by atoms with E-state index in [1.807, 2.05) is 37.5 Å². The topological polar surface area (TPSA) is 48.0 Å². The number of aliphatic hydroxyl groups excluding tert-OH is 1. The summed E-state index contributed by atoms with van der Waals surface area (Å²) < 4.78 is 0. The first-order chi connectivity index (χ1) is 7.33. The number of rotatable bonds is 4. The molecular weight excluding hydrogens is 188 g/mol. The number of aromatic amines is 1. The van der Waals surface area contributed by atoms with Crippen molar-refractivity contribution in [3.8, 4) is 0 Å². The number of H-pyrrole nitrogens is 1. The van der Waals surface area contributed by atoms with E-state index in [1.54, 1.807) is 0 Å². The van der Waals surface area contributed by atoms with Gasteiger partial charge in [0, 0.05) is 22.7 Å². The molecule has 0 aliphatic heterocycles. The number of hydrogen-bond donors (Lipinski definition) is 3. The largest absolute Gasteiger partial charge is 0.388 e. The van der Waals surface area contributed by atoms with Gasteiger partial charge in [0.25, 0.3) is 0 Å². The van der Waals surface area contributed by atoms with Crippen LogP contribution in [0.2, 0.25) is 0 Å². The van der Waals surface area contributed by atoms with Crippen molar-refractivity contribution in [1.29, 1.82) is 0 Å². The van der Waals surface area contributed by atoms with E-state index in [-0.39, 0.29) is 0 Å². The van der Waals surface area contributed by atoms with E-state index in [0.717, 1.165) is 29.4 Å². The summed E-state index contributed by atoms with van der Waals surface area (Å²) >= 11 is 0. The Bertz CT molecular complexity index is 436. The quantitative estimate of drug-likeness (QED) is 0.711. The molecule has 1 heterocycles. The van der Waals surface area contributed by atoms with Crippen molar-refractivity contribution < 1.29 is 5.11 Å². The van der Waals surface area contributed by atoms with Crippen molar-refractivity contribution >= 4 is 10.9 Å². The van der Waals surface area contributed by atoms with Crippen LogP contribution in [0.5, 0.6) is 0 Å². The number of hydrogen-bond acceptors (Lipinski definition) is 2. The van der Waals surface area contributed by atoms with Crippen LogP contribution in [0, 0.1) is 0 Å². The van der Waals surface area contributed by atoms with Gasteiger partial charge in [0.05, 0.1) is 6.10 Å². The minimum Gasteiger partial charge on any atom is -0.388 e. The summed E-state index contributed by atoms with van der Waals surface area (Å²) in [5, 5.41) is 14.1. The van der Waals surface area contributed by atoms with Crippen LogP contribution >= 0.6 is 0 Å². The molecule has 2 rings (SSSR count). The molecule has 3 N–H and O–H groups in total. The molecule has 0 spiro atoms. The number of fused-ring (bicyclic) bond motifs is 1. The first-order valence-electron chi connectivity index (χ1n) is 5.21. The maximum Gasteiger partial charge on any atom is 0.0822 e. The van der Waals surface area contributed by atoms with Gasteiger partial charge in [-0.2, -0.15) is 0 Å². The molecule has 1 atom stereocenters. The molecule has 1 aromatic carbocycles. The Balaban J connectivity index is 2.27. The third-order valence-electron chi connectivity index (χ3n) is 2.65. The summed E-state index contributed by atoms with van der Waals surface area (Å²) in [7, 11) is 1.89. The van der Waals surface area contributed by atoms with E-state index >= 15 is 0 Å². The highest BCUT2D eigenvalue weighted by Gasteiger charge is 2.11. The van der Waals surface area contributed by atoms with Gasteiger partial charge in [0.15, 0.2) is 0 Å². The Kier molecular flexibility index (Phi) is 3.04. The maximum absolute atomic E-state index is 9.98. The first kappa shape index (κ1) is 10.2. The SMILES string of the molecule is CNCCC(O)c1c[nH]c2ccccc12. The van der Waals surface area contributed by atoms with Crippen LogP contribution in [0.4, 0.5) is 0 Å². The zero-order valence-electron chi connectivity index (χ0n) is 8.83. The van der Waals surface area contributed by atoms with E-state index in [1.165, 1.54) is 0 Å². The molecule has 3 heteroatoms. The van der Waals surface area contributed by atoms with Gasteiger partial charge in [-0.3, -0.25) is 0 Å². The summed E-state index contributed by atoms with van der Waals surface area (Å²) in [5.74, 6) is 0. The number of aromatic nitrogens is 1. The molecule has 0 fully saturated rings. The average Bonchev–Trinajstić information content (AvgIpc) is 2.69. The van der Waals surface area contributed by atoms with Gasteiger partial charge in [0.1, 0.15) is 0 Å². The van der Waals surface area contributed by atoms with E-state index in [2.05, 4.69) is 10.3 Å². The Morgan fingerprint density at radius 3 is 3.00 bits per heavy atom. The number of benzene rings is 1. The minimum atomic E-state index is -0.395. The second kappa shape index (κ2) is 4.47.